The standard InChI is InChI=1S/C13H16N2O/c1-3-4-11-5-7-12(8-6-11)15-13(16)10(2)9-14/h5-8,10H,3-4H2,1-2H3,(H,15,16). The summed E-state index contributed by atoms with van der Waals surface area (Å²) >= 11 is 0. The number of hydrogen-bond donors (Lipinski definition) is 1. The van der Waals surface area contributed by atoms with Crippen LogP contribution in [0.5, 0.6) is 0 Å². The van der Waals surface area contributed by atoms with E-state index in [9.17, 15) is 4.79 Å². The van der Waals surface area contributed by atoms with Crippen LogP contribution in [0.3, 0.4) is 0 Å². The fourth-order valence-corrected chi connectivity index (χ4v) is 1.35. The molecule has 0 spiro atoms. The SMILES string of the molecule is CCCc1ccc(NC(=O)C(C)C#N)cc1. The first-order chi connectivity index (χ1) is 7.67. The van der Waals surface area contributed by atoms with Gasteiger partial charge in [-0.15, -0.1) is 0 Å². The number of nitriles is 1. The van der Waals surface area contributed by atoms with Gasteiger partial charge in [0.2, 0.25) is 5.91 Å². The van der Waals surface area contributed by atoms with Crippen LogP contribution in [0, 0.1) is 17.2 Å². The molecule has 0 bridgehead atoms. The molecule has 1 rings (SSSR count). The zero-order valence-electron chi connectivity index (χ0n) is 9.66. The average molecular weight is 216 g/mol. The van der Waals surface area contributed by atoms with Gasteiger partial charge in [0.1, 0.15) is 5.92 Å². The number of aryl methyl sites for hydroxylation is 1. The van der Waals surface area contributed by atoms with Crippen LogP contribution in [0.25, 0.3) is 0 Å². The summed E-state index contributed by atoms with van der Waals surface area (Å²) < 4.78 is 0. The van der Waals surface area contributed by atoms with Crippen LogP contribution in [0.2, 0.25) is 0 Å². The maximum absolute atomic E-state index is 11.4. The molecule has 0 fully saturated rings. The van der Waals surface area contributed by atoms with E-state index in [4.69, 9.17) is 5.26 Å². The van der Waals surface area contributed by atoms with Crippen molar-refractivity contribution in [1.82, 2.24) is 0 Å². The molecule has 3 heteroatoms. The molecule has 1 atom stereocenters. The summed E-state index contributed by atoms with van der Waals surface area (Å²) in [7, 11) is 0. The Labute approximate surface area is 96.1 Å². The largest absolute Gasteiger partial charge is 0.325 e. The first-order valence-electron chi connectivity index (χ1n) is 5.46. The van der Waals surface area contributed by atoms with Crippen LogP contribution >= 0.6 is 0 Å². The molecule has 1 unspecified atom stereocenters. The van der Waals surface area contributed by atoms with E-state index >= 15 is 0 Å². The van der Waals surface area contributed by atoms with Crippen molar-refractivity contribution in [2.45, 2.75) is 26.7 Å². The molecule has 0 radical (unpaired) electrons. The van der Waals surface area contributed by atoms with Crippen molar-refractivity contribution in [3.8, 4) is 6.07 Å². The van der Waals surface area contributed by atoms with Crippen LogP contribution in [-0.2, 0) is 11.2 Å². The number of benzene rings is 1. The number of nitrogens with one attached hydrogen (secondary N) is 1. The van der Waals surface area contributed by atoms with Gasteiger partial charge in [0, 0.05) is 5.69 Å². The number of carbonyl (C=O) groups excluding carboxylic acids is 1. The number of anilines is 1. The Morgan fingerprint density at radius 1 is 1.44 bits per heavy atom. The lowest BCUT2D eigenvalue weighted by Crippen LogP contribution is -2.18. The third-order valence-electron chi connectivity index (χ3n) is 2.35. The highest BCUT2D eigenvalue weighted by Gasteiger charge is 2.10. The number of carbonyl (C=O) groups is 1. The topological polar surface area (TPSA) is 52.9 Å². The second-order valence-corrected chi connectivity index (χ2v) is 3.79. The van der Waals surface area contributed by atoms with Crippen molar-refractivity contribution in [1.29, 1.82) is 5.26 Å². The Balaban J connectivity index is 2.62. The summed E-state index contributed by atoms with van der Waals surface area (Å²) in [5, 5.41) is 11.3. The lowest BCUT2D eigenvalue weighted by molar-refractivity contribution is -0.117. The molecule has 3 nitrogen and oxygen atoms in total. The molecule has 1 amide bonds. The van der Waals surface area contributed by atoms with E-state index in [-0.39, 0.29) is 5.91 Å². The lowest BCUT2D eigenvalue weighted by Gasteiger charge is -2.06. The molecular formula is C13H16N2O. The minimum Gasteiger partial charge on any atom is -0.325 e. The third-order valence-corrected chi connectivity index (χ3v) is 2.35. The predicted octanol–water partition coefficient (Wildman–Crippen LogP) is 2.74. The average Bonchev–Trinajstić information content (AvgIpc) is 2.31. The van der Waals surface area contributed by atoms with Crippen molar-refractivity contribution in [3.05, 3.63) is 29.8 Å². The summed E-state index contributed by atoms with van der Waals surface area (Å²) in [6.45, 7) is 3.71. The van der Waals surface area contributed by atoms with Gasteiger partial charge in [-0.3, -0.25) is 4.79 Å². The zero-order chi connectivity index (χ0) is 12.0. The second kappa shape index (κ2) is 5.92. The zero-order valence-corrected chi connectivity index (χ0v) is 9.66. The van der Waals surface area contributed by atoms with Crippen molar-refractivity contribution in [3.63, 3.8) is 0 Å². The second-order valence-electron chi connectivity index (χ2n) is 3.79. The molecule has 0 heterocycles. The van der Waals surface area contributed by atoms with Gasteiger partial charge in [-0.1, -0.05) is 25.5 Å². The van der Waals surface area contributed by atoms with E-state index in [1.165, 1.54) is 5.56 Å². The Morgan fingerprint density at radius 3 is 2.56 bits per heavy atom. The summed E-state index contributed by atoms with van der Waals surface area (Å²) in [6.07, 6.45) is 2.15. The monoisotopic (exact) mass is 216 g/mol. The van der Waals surface area contributed by atoms with Crippen molar-refractivity contribution in [2.75, 3.05) is 5.32 Å². The smallest absolute Gasteiger partial charge is 0.241 e. The van der Waals surface area contributed by atoms with Crippen LogP contribution in [0.1, 0.15) is 25.8 Å². The first kappa shape index (κ1) is 12.3. The molecule has 84 valence electrons. The molecule has 1 N–H and O–H groups in total. The normalized spacial score (nSPS) is 11.6. The van der Waals surface area contributed by atoms with E-state index in [0.717, 1.165) is 18.5 Å². The first-order valence-corrected chi connectivity index (χ1v) is 5.46. The Morgan fingerprint density at radius 2 is 2.06 bits per heavy atom. The van der Waals surface area contributed by atoms with E-state index < -0.39 is 5.92 Å². The fourth-order valence-electron chi connectivity index (χ4n) is 1.35. The number of nitrogens with zero attached hydrogens (tertiary/aromatic N) is 1. The lowest BCUT2D eigenvalue weighted by atomic mass is 10.1. The van der Waals surface area contributed by atoms with E-state index in [2.05, 4.69) is 12.2 Å². The summed E-state index contributed by atoms with van der Waals surface area (Å²) in [5.41, 5.74) is 2.00. The molecule has 0 aliphatic rings. The van der Waals surface area contributed by atoms with Crippen molar-refractivity contribution < 1.29 is 4.79 Å². The van der Waals surface area contributed by atoms with Gasteiger partial charge in [0.25, 0.3) is 0 Å². The quantitative estimate of drug-likeness (QED) is 0.841. The Bertz CT molecular complexity index is 389. The van der Waals surface area contributed by atoms with Gasteiger partial charge in [-0.25, -0.2) is 0 Å². The maximum Gasteiger partial charge on any atom is 0.241 e. The van der Waals surface area contributed by atoms with Gasteiger partial charge in [-0.2, -0.15) is 5.26 Å². The van der Waals surface area contributed by atoms with Gasteiger partial charge in [0.05, 0.1) is 6.07 Å². The highest BCUT2D eigenvalue weighted by Crippen LogP contribution is 2.12. The molecule has 1 aromatic carbocycles. The maximum atomic E-state index is 11.4. The van der Waals surface area contributed by atoms with Crippen LogP contribution in [-0.4, -0.2) is 5.91 Å². The highest BCUT2D eigenvalue weighted by molar-refractivity contribution is 5.93. The number of hydrogen-bond acceptors (Lipinski definition) is 2. The highest BCUT2D eigenvalue weighted by atomic mass is 16.1. The van der Waals surface area contributed by atoms with Gasteiger partial charge in [-0.05, 0) is 31.0 Å². The van der Waals surface area contributed by atoms with Crippen molar-refractivity contribution in [2.24, 2.45) is 5.92 Å². The minimum atomic E-state index is -0.615. The summed E-state index contributed by atoms with van der Waals surface area (Å²) in [6, 6.07) is 9.63. The van der Waals surface area contributed by atoms with E-state index in [1.54, 1.807) is 6.92 Å². The van der Waals surface area contributed by atoms with Crippen LogP contribution < -0.4 is 5.32 Å². The van der Waals surface area contributed by atoms with E-state index in [0.29, 0.717) is 0 Å². The predicted molar refractivity (Wildman–Crippen MR) is 63.8 cm³/mol. The Hall–Kier alpha value is -1.82. The van der Waals surface area contributed by atoms with E-state index in [1.807, 2.05) is 30.3 Å². The summed E-state index contributed by atoms with van der Waals surface area (Å²) in [4.78, 5) is 11.4. The number of rotatable bonds is 4. The summed E-state index contributed by atoms with van der Waals surface area (Å²) in [5.74, 6) is -0.874. The molecular weight excluding hydrogens is 200 g/mol. The molecule has 1 aromatic rings. The van der Waals surface area contributed by atoms with Gasteiger partial charge < -0.3 is 5.32 Å². The van der Waals surface area contributed by atoms with Gasteiger partial charge >= 0.3 is 0 Å². The minimum absolute atomic E-state index is 0.259. The van der Waals surface area contributed by atoms with Crippen LogP contribution in [0.4, 0.5) is 5.69 Å². The molecule has 0 aliphatic carbocycles. The third kappa shape index (κ3) is 3.39. The molecule has 0 aromatic heterocycles. The fraction of sp³-hybridized carbons (Fsp3) is 0.385. The molecule has 0 saturated carbocycles. The van der Waals surface area contributed by atoms with Crippen LogP contribution in [0.15, 0.2) is 24.3 Å². The Kier molecular flexibility index (Phi) is 4.53. The molecule has 16 heavy (non-hydrogen) atoms. The van der Waals surface area contributed by atoms with Crippen molar-refractivity contribution >= 4 is 11.6 Å². The van der Waals surface area contributed by atoms with Gasteiger partial charge in [0.15, 0.2) is 0 Å². The number of amides is 1. The molecule has 0 aliphatic heterocycles. The molecule has 0 saturated heterocycles.